The van der Waals surface area contributed by atoms with Crippen LogP contribution in [-0.2, 0) is 16.6 Å². The normalized spacial score (nSPS) is 9.75. The maximum atomic E-state index is 11.7. The first-order valence-corrected chi connectivity index (χ1v) is 8.01. The van der Waals surface area contributed by atoms with Crippen molar-refractivity contribution in [3.63, 3.8) is 0 Å². The summed E-state index contributed by atoms with van der Waals surface area (Å²) in [6, 6.07) is 7.15. The standard InChI is InChI=1S/C15H16N6O2S/c1-11(22)17-13-7-5-12(6-8-13)4-3-9-16-14(23)10-24-15-18-19-20-21(15)2/h5-8H,9-10H2,1-2H3,(H,16,23)(H,17,22). The molecule has 0 unspecified atom stereocenters. The van der Waals surface area contributed by atoms with Gasteiger partial charge in [-0.05, 0) is 34.7 Å². The fraction of sp³-hybridized carbons (Fsp3) is 0.267. The zero-order valence-electron chi connectivity index (χ0n) is 13.2. The molecule has 0 fully saturated rings. The molecule has 0 bridgehead atoms. The number of tetrazole rings is 1. The van der Waals surface area contributed by atoms with Gasteiger partial charge in [0.15, 0.2) is 0 Å². The van der Waals surface area contributed by atoms with E-state index in [0.717, 1.165) is 11.3 Å². The molecule has 2 N–H and O–H groups in total. The topological polar surface area (TPSA) is 102 Å². The molecule has 1 heterocycles. The Morgan fingerprint density at radius 3 is 2.67 bits per heavy atom. The van der Waals surface area contributed by atoms with Crippen molar-refractivity contribution in [3.8, 4) is 11.8 Å². The van der Waals surface area contributed by atoms with E-state index in [0.29, 0.717) is 5.16 Å². The van der Waals surface area contributed by atoms with E-state index in [1.165, 1.54) is 23.4 Å². The van der Waals surface area contributed by atoms with Gasteiger partial charge in [-0.2, -0.15) is 0 Å². The highest BCUT2D eigenvalue weighted by Crippen LogP contribution is 2.11. The lowest BCUT2D eigenvalue weighted by atomic mass is 10.2. The number of aromatic nitrogens is 4. The number of thioether (sulfide) groups is 1. The molecule has 2 rings (SSSR count). The number of carbonyl (C=O) groups is 2. The minimum absolute atomic E-state index is 0.119. The average Bonchev–Trinajstić information content (AvgIpc) is 2.96. The monoisotopic (exact) mass is 344 g/mol. The van der Waals surface area contributed by atoms with Crippen LogP contribution in [-0.4, -0.2) is 44.3 Å². The Morgan fingerprint density at radius 2 is 2.04 bits per heavy atom. The van der Waals surface area contributed by atoms with E-state index in [9.17, 15) is 9.59 Å². The SMILES string of the molecule is CC(=O)Nc1ccc(C#CCNC(=O)CSc2nnnn2C)cc1. The molecule has 0 aliphatic heterocycles. The largest absolute Gasteiger partial charge is 0.344 e. The smallest absolute Gasteiger partial charge is 0.231 e. The lowest BCUT2D eigenvalue weighted by molar-refractivity contribution is -0.118. The van der Waals surface area contributed by atoms with E-state index < -0.39 is 0 Å². The summed E-state index contributed by atoms with van der Waals surface area (Å²) >= 11 is 1.25. The Balaban J connectivity index is 1.73. The van der Waals surface area contributed by atoms with Gasteiger partial charge in [0.2, 0.25) is 17.0 Å². The van der Waals surface area contributed by atoms with Crippen molar-refractivity contribution in [1.29, 1.82) is 0 Å². The predicted molar refractivity (Wildman–Crippen MR) is 90.2 cm³/mol. The van der Waals surface area contributed by atoms with Gasteiger partial charge in [0, 0.05) is 25.2 Å². The van der Waals surface area contributed by atoms with Gasteiger partial charge in [-0.1, -0.05) is 23.6 Å². The summed E-state index contributed by atoms with van der Waals surface area (Å²) in [6.07, 6.45) is 0. The number of nitrogens with zero attached hydrogens (tertiary/aromatic N) is 4. The number of amides is 2. The summed E-state index contributed by atoms with van der Waals surface area (Å²) in [4.78, 5) is 22.6. The second kappa shape index (κ2) is 8.69. The van der Waals surface area contributed by atoms with Crippen LogP contribution in [0.15, 0.2) is 29.4 Å². The first kappa shape index (κ1) is 17.5. The number of anilines is 1. The first-order valence-electron chi connectivity index (χ1n) is 7.03. The summed E-state index contributed by atoms with van der Waals surface area (Å²) < 4.78 is 1.50. The third kappa shape index (κ3) is 5.73. The van der Waals surface area contributed by atoms with Gasteiger partial charge in [-0.3, -0.25) is 9.59 Å². The van der Waals surface area contributed by atoms with Crippen LogP contribution in [0, 0.1) is 11.8 Å². The van der Waals surface area contributed by atoms with Crippen molar-refractivity contribution >= 4 is 29.3 Å². The number of benzene rings is 1. The number of hydrogen-bond donors (Lipinski definition) is 2. The quantitative estimate of drug-likeness (QED) is 0.602. The highest BCUT2D eigenvalue weighted by Gasteiger charge is 2.06. The maximum absolute atomic E-state index is 11.7. The number of nitrogens with one attached hydrogen (secondary N) is 2. The number of rotatable bonds is 5. The molecule has 2 amide bonds. The van der Waals surface area contributed by atoms with Crippen LogP contribution in [0.4, 0.5) is 5.69 Å². The molecule has 0 radical (unpaired) electrons. The van der Waals surface area contributed by atoms with Crippen molar-refractivity contribution in [3.05, 3.63) is 29.8 Å². The first-order chi connectivity index (χ1) is 11.5. The molecule has 24 heavy (non-hydrogen) atoms. The summed E-state index contributed by atoms with van der Waals surface area (Å²) in [5.74, 6) is 5.78. The van der Waals surface area contributed by atoms with Gasteiger partial charge in [0.1, 0.15) is 0 Å². The summed E-state index contributed by atoms with van der Waals surface area (Å²) in [6.45, 7) is 1.71. The van der Waals surface area contributed by atoms with Crippen molar-refractivity contribution in [2.24, 2.45) is 7.05 Å². The fourth-order valence-electron chi connectivity index (χ4n) is 1.65. The van der Waals surface area contributed by atoms with E-state index in [-0.39, 0.29) is 24.1 Å². The van der Waals surface area contributed by atoms with Crippen LogP contribution in [0.1, 0.15) is 12.5 Å². The van der Waals surface area contributed by atoms with Crippen molar-refractivity contribution in [1.82, 2.24) is 25.5 Å². The molecular weight excluding hydrogens is 328 g/mol. The predicted octanol–water partition coefficient (Wildman–Crippen LogP) is 0.428. The van der Waals surface area contributed by atoms with Gasteiger partial charge in [0.05, 0.1) is 12.3 Å². The highest BCUT2D eigenvalue weighted by atomic mass is 32.2. The molecular formula is C15H16N6O2S. The van der Waals surface area contributed by atoms with Crippen molar-refractivity contribution < 1.29 is 9.59 Å². The van der Waals surface area contributed by atoms with Gasteiger partial charge in [-0.25, -0.2) is 4.68 Å². The molecule has 0 atom stereocenters. The fourth-order valence-corrected chi connectivity index (χ4v) is 2.33. The van der Waals surface area contributed by atoms with Crippen LogP contribution in [0.3, 0.4) is 0 Å². The lowest BCUT2D eigenvalue weighted by Crippen LogP contribution is -2.25. The molecule has 0 saturated carbocycles. The Bertz CT molecular complexity index is 775. The minimum atomic E-state index is -0.140. The van der Waals surface area contributed by atoms with E-state index in [4.69, 9.17) is 0 Å². The van der Waals surface area contributed by atoms with Gasteiger partial charge < -0.3 is 10.6 Å². The van der Waals surface area contributed by atoms with E-state index >= 15 is 0 Å². The molecule has 0 spiro atoms. The van der Waals surface area contributed by atoms with Crippen molar-refractivity contribution in [2.45, 2.75) is 12.1 Å². The molecule has 2 aromatic rings. The third-order valence-electron chi connectivity index (χ3n) is 2.73. The molecule has 9 heteroatoms. The summed E-state index contributed by atoms with van der Waals surface area (Å²) in [5.41, 5.74) is 1.52. The summed E-state index contributed by atoms with van der Waals surface area (Å²) in [5, 5.41) is 16.9. The molecule has 1 aromatic carbocycles. The average molecular weight is 344 g/mol. The lowest BCUT2D eigenvalue weighted by Gasteiger charge is -2.01. The second-order valence-corrected chi connectivity index (χ2v) is 5.65. The third-order valence-corrected chi connectivity index (χ3v) is 3.74. The Morgan fingerprint density at radius 1 is 1.29 bits per heavy atom. The van der Waals surface area contributed by atoms with Gasteiger partial charge in [0.25, 0.3) is 0 Å². The van der Waals surface area contributed by atoms with Crippen LogP contribution in [0.5, 0.6) is 0 Å². The Hall–Kier alpha value is -2.86. The number of carbonyl (C=O) groups excluding carboxylic acids is 2. The van der Waals surface area contributed by atoms with Crippen LogP contribution < -0.4 is 10.6 Å². The maximum Gasteiger partial charge on any atom is 0.231 e. The molecule has 8 nitrogen and oxygen atoms in total. The molecule has 0 aliphatic carbocycles. The Labute approximate surface area is 143 Å². The highest BCUT2D eigenvalue weighted by molar-refractivity contribution is 7.99. The van der Waals surface area contributed by atoms with Crippen molar-refractivity contribution in [2.75, 3.05) is 17.6 Å². The molecule has 124 valence electrons. The van der Waals surface area contributed by atoms with Gasteiger partial charge >= 0.3 is 0 Å². The molecule has 1 aromatic heterocycles. The van der Waals surface area contributed by atoms with E-state index in [1.807, 2.05) is 0 Å². The second-order valence-electron chi connectivity index (χ2n) is 4.71. The van der Waals surface area contributed by atoms with Crippen LogP contribution in [0.25, 0.3) is 0 Å². The van der Waals surface area contributed by atoms with Crippen LogP contribution >= 0.6 is 11.8 Å². The number of aryl methyl sites for hydroxylation is 1. The zero-order valence-corrected chi connectivity index (χ0v) is 14.1. The minimum Gasteiger partial charge on any atom is -0.344 e. The zero-order chi connectivity index (χ0) is 17.4. The Kier molecular flexibility index (Phi) is 6.33. The van der Waals surface area contributed by atoms with Gasteiger partial charge in [-0.15, -0.1) is 5.10 Å². The molecule has 0 saturated heterocycles. The van der Waals surface area contributed by atoms with Crippen LogP contribution in [0.2, 0.25) is 0 Å². The van der Waals surface area contributed by atoms with E-state index in [2.05, 4.69) is 38.0 Å². The summed E-state index contributed by atoms with van der Waals surface area (Å²) in [7, 11) is 1.71. The van der Waals surface area contributed by atoms with E-state index in [1.54, 1.807) is 31.3 Å². The number of hydrogen-bond acceptors (Lipinski definition) is 6. The molecule has 0 aliphatic rings.